The maximum Gasteiger partial charge on any atom is 0.324 e. The fraction of sp³-hybridized carbons (Fsp3) is 0.938. The number of carbonyl (C=O) groups is 1. The van der Waals surface area contributed by atoms with Crippen LogP contribution >= 0.6 is 11.8 Å². The minimum Gasteiger partial charge on any atom is -0.480 e. The Bertz CT molecular complexity index is 344. The van der Waals surface area contributed by atoms with Gasteiger partial charge in [0.25, 0.3) is 0 Å². The van der Waals surface area contributed by atoms with Gasteiger partial charge >= 0.3 is 5.97 Å². The second-order valence-electron chi connectivity index (χ2n) is 6.64. The molecule has 2 N–H and O–H groups in total. The van der Waals surface area contributed by atoms with Crippen LogP contribution in [0.25, 0.3) is 0 Å². The number of aliphatic carboxylic acids is 1. The van der Waals surface area contributed by atoms with E-state index < -0.39 is 11.5 Å². The second-order valence-corrected chi connectivity index (χ2v) is 8.04. The number of carboxylic acid groups (broad SMARTS) is 1. The molecule has 1 aliphatic heterocycles. The van der Waals surface area contributed by atoms with Gasteiger partial charge in [-0.1, -0.05) is 6.42 Å². The maximum atomic E-state index is 11.8. The van der Waals surface area contributed by atoms with Crippen molar-refractivity contribution in [2.75, 3.05) is 19.0 Å². The fourth-order valence-corrected chi connectivity index (χ4v) is 5.02. The lowest BCUT2D eigenvalue weighted by atomic mass is 9.84. The first-order valence-corrected chi connectivity index (χ1v) is 9.30. The van der Waals surface area contributed by atoms with Crippen molar-refractivity contribution < 1.29 is 14.6 Å². The molecule has 1 aliphatic carbocycles. The highest BCUT2D eigenvalue weighted by molar-refractivity contribution is 7.99. The summed E-state index contributed by atoms with van der Waals surface area (Å²) in [5.41, 5.74) is -0.690. The minimum atomic E-state index is -0.690. The van der Waals surface area contributed by atoms with E-state index in [0.29, 0.717) is 5.25 Å². The predicted octanol–water partition coefficient (Wildman–Crippen LogP) is 2.91. The Labute approximate surface area is 132 Å². The lowest BCUT2D eigenvalue weighted by molar-refractivity contribution is -0.147. The molecule has 21 heavy (non-hydrogen) atoms. The fourth-order valence-electron chi connectivity index (χ4n) is 3.74. The number of nitrogens with one attached hydrogen (secondary N) is 1. The highest BCUT2D eigenvalue weighted by Gasteiger charge is 2.48. The van der Waals surface area contributed by atoms with Gasteiger partial charge < -0.3 is 9.84 Å². The molecule has 4 nitrogen and oxygen atoms in total. The third-order valence-corrected chi connectivity index (χ3v) is 6.15. The summed E-state index contributed by atoms with van der Waals surface area (Å²) in [6.07, 6.45) is 6.13. The molecule has 0 bridgehead atoms. The van der Waals surface area contributed by atoms with Gasteiger partial charge in [-0.05, 0) is 57.6 Å². The molecule has 1 saturated heterocycles. The number of ether oxygens (including phenoxy) is 1. The van der Waals surface area contributed by atoms with Gasteiger partial charge in [0.2, 0.25) is 0 Å². The lowest BCUT2D eigenvalue weighted by Gasteiger charge is -2.34. The Balaban J connectivity index is 1.86. The van der Waals surface area contributed by atoms with Gasteiger partial charge in [0.05, 0.1) is 0 Å². The van der Waals surface area contributed by atoms with Crippen molar-refractivity contribution in [1.29, 1.82) is 0 Å². The molecular formula is C16H29NO3S. The topological polar surface area (TPSA) is 58.6 Å². The summed E-state index contributed by atoms with van der Waals surface area (Å²) < 4.78 is 5.39. The van der Waals surface area contributed by atoms with E-state index in [1.807, 2.05) is 25.6 Å². The minimum absolute atomic E-state index is 0.213. The molecule has 2 unspecified atom stereocenters. The van der Waals surface area contributed by atoms with Crippen LogP contribution in [-0.4, -0.2) is 46.9 Å². The van der Waals surface area contributed by atoms with E-state index in [-0.39, 0.29) is 12.0 Å². The van der Waals surface area contributed by atoms with Gasteiger partial charge in [0.1, 0.15) is 5.54 Å². The van der Waals surface area contributed by atoms with Crippen molar-refractivity contribution in [2.45, 2.75) is 69.2 Å². The molecule has 5 heteroatoms. The van der Waals surface area contributed by atoms with Crippen molar-refractivity contribution in [3.63, 3.8) is 0 Å². The molecular weight excluding hydrogens is 286 g/mol. The molecule has 2 aliphatic rings. The summed E-state index contributed by atoms with van der Waals surface area (Å²) in [6, 6.07) is 0.213. The number of thioether (sulfide) groups is 1. The normalized spacial score (nSPS) is 30.9. The SMILES string of the molecule is CC(C)NC1(C(=O)O)CCCC1CCSC1CCOCC1. The summed E-state index contributed by atoms with van der Waals surface area (Å²) in [5, 5.41) is 13.8. The van der Waals surface area contributed by atoms with Crippen LogP contribution in [0.3, 0.4) is 0 Å². The van der Waals surface area contributed by atoms with Crippen LogP contribution in [0.5, 0.6) is 0 Å². The molecule has 0 aromatic heterocycles. The smallest absolute Gasteiger partial charge is 0.324 e. The quantitative estimate of drug-likeness (QED) is 0.756. The van der Waals surface area contributed by atoms with Gasteiger partial charge in [-0.2, -0.15) is 11.8 Å². The Hall–Kier alpha value is -0.260. The van der Waals surface area contributed by atoms with Crippen LogP contribution in [0.4, 0.5) is 0 Å². The van der Waals surface area contributed by atoms with Crippen LogP contribution in [0.15, 0.2) is 0 Å². The van der Waals surface area contributed by atoms with Crippen molar-refractivity contribution in [3.8, 4) is 0 Å². The van der Waals surface area contributed by atoms with Crippen LogP contribution in [-0.2, 0) is 9.53 Å². The van der Waals surface area contributed by atoms with Crippen molar-refractivity contribution in [2.24, 2.45) is 5.92 Å². The molecule has 0 aromatic carbocycles. The third-order valence-electron chi connectivity index (χ3n) is 4.74. The van der Waals surface area contributed by atoms with Crippen LogP contribution in [0.1, 0.15) is 52.4 Å². The van der Waals surface area contributed by atoms with E-state index in [4.69, 9.17) is 4.74 Å². The predicted molar refractivity (Wildman–Crippen MR) is 86.9 cm³/mol. The van der Waals surface area contributed by atoms with Gasteiger partial charge in [0.15, 0.2) is 0 Å². The van der Waals surface area contributed by atoms with Crippen LogP contribution in [0.2, 0.25) is 0 Å². The van der Waals surface area contributed by atoms with Gasteiger partial charge in [-0.25, -0.2) is 0 Å². The van der Waals surface area contributed by atoms with Gasteiger partial charge in [0, 0.05) is 24.5 Å². The molecule has 122 valence electrons. The standard InChI is InChI=1S/C16H29NO3S/c1-12(2)17-16(15(18)19)8-3-4-13(16)7-11-21-14-5-9-20-10-6-14/h12-14,17H,3-11H2,1-2H3,(H,18,19). The number of carboxylic acids is 1. The Kier molecular flexibility index (Phi) is 6.38. The molecule has 2 rings (SSSR count). The number of rotatable bonds is 7. The van der Waals surface area contributed by atoms with Gasteiger partial charge in [-0.15, -0.1) is 0 Å². The second kappa shape index (κ2) is 7.84. The molecule has 0 radical (unpaired) electrons. The Morgan fingerprint density at radius 2 is 2.10 bits per heavy atom. The van der Waals surface area contributed by atoms with Crippen molar-refractivity contribution >= 4 is 17.7 Å². The highest BCUT2D eigenvalue weighted by atomic mass is 32.2. The summed E-state index contributed by atoms with van der Waals surface area (Å²) in [6.45, 7) is 5.85. The van der Waals surface area contributed by atoms with Crippen molar-refractivity contribution in [1.82, 2.24) is 5.32 Å². The van der Waals surface area contributed by atoms with E-state index in [9.17, 15) is 9.90 Å². The molecule has 0 amide bonds. The molecule has 0 spiro atoms. The first-order chi connectivity index (χ1) is 10.0. The van der Waals surface area contributed by atoms with Gasteiger partial charge in [-0.3, -0.25) is 10.1 Å². The lowest BCUT2D eigenvalue weighted by Crippen LogP contribution is -2.57. The number of hydrogen-bond acceptors (Lipinski definition) is 4. The van der Waals surface area contributed by atoms with E-state index in [1.54, 1.807) is 0 Å². The number of hydrogen-bond donors (Lipinski definition) is 2. The first kappa shape index (κ1) is 17.1. The first-order valence-electron chi connectivity index (χ1n) is 8.25. The zero-order valence-corrected chi connectivity index (χ0v) is 14.1. The average molecular weight is 315 g/mol. The monoisotopic (exact) mass is 315 g/mol. The van der Waals surface area contributed by atoms with E-state index in [2.05, 4.69) is 5.32 Å². The molecule has 2 atom stereocenters. The Morgan fingerprint density at radius 1 is 1.38 bits per heavy atom. The van der Waals surface area contributed by atoms with Crippen molar-refractivity contribution in [3.05, 3.63) is 0 Å². The summed E-state index contributed by atoms with van der Waals surface area (Å²) >= 11 is 2.01. The zero-order valence-electron chi connectivity index (χ0n) is 13.3. The summed E-state index contributed by atoms with van der Waals surface area (Å²) in [4.78, 5) is 11.8. The highest BCUT2D eigenvalue weighted by Crippen LogP contribution is 2.40. The summed E-state index contributed by atoms with van der Waals surface area (Å²) in [7, 11) is 0. The molecule has 0 aromatic rings. The van der Waals surface area contributed by atoms with Crippen LogP contribution < -0.4 is 5.32 Å². The van der Waals surface area contributed by atoms with Crippen LogP contribution in [0, 0.1) is 5.92 Å². The largest absolute Gasteiger partial charge is 0.480 e. The Morgan fingerprint density at radius 3 is 2.71 bits per heavy atom. The molecule has 2 fully saturated rings. The summed E-state index contributed by atoms with van der Waals surface area (Å²) in [5.74, 6) is 0.684. The molecule has 1 saturated carbocycles. The maximum absolute atomic E-state index is 11.8. The molecule has 1 heterocycles. The zero-order chi connectivity index (χ0) is 15.3. The third kappa shape index (κ3) is 4.36. The van der Waals surface area contributed by atoms with E-state index >= 15 is 0 Å². The van der Waals surface area contributed by atoms with E-state index in [1.165, 1.54) is 0 Å². The van der Waals surface area contributed by atoms with E-state index in [0.717, 1.165) is 57.5 Å². The average Bonchev–Trinajstić information content (AvgIpc) is 2.83.